The van der Waals surface area contributed by atoms with Gasteiger partial charge >= 0.3 is 0 Å². The molecule has 19 heavy (non-hydrogen) atoms. The van der Waals surface area contributed by atoms with Crippen LogP contribution in [0.3, 0.4) is 0 Å². The monoisotopic (exact) mass is 308 g/mol. The van der Waals surface area contributed by atoms with E-state index in [0.29, 0.717) is 10.9 Å². The molecule has 0 saturated carbocycles. The maximum absolute atomic E-state index is 8.49. The van der Waals surface area contributed by atoms with E-state index in [9.17, 15) is 0 Å². The molecular weight excluding hydrogens is 292 g/mol. The van der Waals surface area contributed by atoms with Gasteiger partial charge in [-0.15, -0.1) is 10.2 Å². The van der Waals surface area contributed by atoms with Crippen molar-refractivity contribution in [3.8, 4) is 5.75 Å². The standard InChI is InChI=1S/C12H17OS.ClHO4/c1-13-11-5-7-12(8-6-11)14-9-3-2-4-10-14;2-1(3,4)5/h5-8H,2-4,9-10H2,1H3;(H,2,3,4,5)/q+1;/p-1. The van der Waals surface area contributed by atoms with Crippen LogP contribution in [0.2, 0.25) is 0 Å². The fourth-order valence-electron chi connectivity index (χ4n) is 1.84. The van der Waals surface area contributed by atoms with Crippen LogP contribution in [0.25, 0.3) is 0 Å². The number of hydrogen-bond donors (Lipinski definition) is 0. The number of hydrogen-bond acceptors (Lipinski definition) is 5. The van der Waals surface area contributed by atoms with Crippen molar-refractivity contribution in [2.45, 2.75) is 24.2 Å². The molecule has 0 N–H and O–H groups in total. The average molecular weight is 309 g/mol. The van der Waals surface area contributed by atoms with Gasteiger partial charge in [-0.1, -0.05) is 0 Å². The van der Waals surface area contributed by atoms with Crippen molar-refractivity contribution in [1.29, 1.82) is 0 Å². The Morgan fingerprint density at radius 1 is 0.947 bits per heavy atom. The van der Waals surface area contributed by atoms with Gasteiger partial charge in [-0.05, 0) is 43.5 Å². The van der Waals surface area contributed by atoms with Crippen LogP contribution in [-0.2, 0) is 10.9 Å². The van der Waals surface area contributed by atoms with E-state index in [2.05, 4.69) is 24.3 Å². The smallest absolute Gasteiger partial charge is 0.155 e. The van der Waals surface area contributed by atoms with Crippen molar-refractivity contribution in [3.05, 3.63) is 24.3 Å². The molecule has 108 valence electrons. The summed E-state index contributed by atoms with van der Waals surface area (Å²) in [6.45, 7) is 0. The lowest BCUT2D eigenvalue weighted by Gasteiger charge is -2.17. The molecule has 0 radical (unpaired) electrons. The maximum atomic E-state index is 8.49. The lowest BCUT2D eigenvalue weighted by atomic mass is 10.3. The van der Waals surface area contributed by atoms with Gasteiger partial charge in [0.1, 0.15) is 17.3 Å². The van der Waals surface area contributed by atoms with E-state index >= 15 is 0 Å². The number of ether oxygens (including phenoxy) is 1. The third kappa shape index (κ3) is 7.61. The second kappa shape index (κ2) is 7.94. The van der Waals surface area contributed by atoms with Crippen LogP contribution in [0.4, 0.5) is 0 Å². The molecule has 1 saturated heterocycles. The van der Waals surface area contributed by atoms with Crippen LogP contribution in [-0.4, -0.2) is 18.6 Å². The van der Waals surface area contributed by atoms with Crippen molar-refractivity contribution >= 4 is 10.9 Å². The molecule has 0 aliphatic carbocycles. The molecule has 1 aromatic carbocycles. The third-order valence-corrected chi connectivity index (χ3v) is 5.18. The van der Waals surface area contributed by atoms with Gasteiger partial charge in [0, 0.05) is 10.9 Å². The highest BCUT2D eigenvalue weighted by Crippen LogP contribution is 2.23. The van der Waals surface area contributed by atoms with E-state index in [0.717, 1.165) is 5.75 Å². The molecule has 1 aliphatic heterocycles. The van der Waals surface area contributed by atoms with E-state index in [1.807, 2.05) is 0 Å². The summed E-state index contributed by atoms with van der Waals surface area (Å²) in [6, 6.07) is 8.62. The summed E-state index contributed by atoms with van der Waals surface area (Å²) in [5.41, 5.74) is 0. The Balaban J connectivity index is 0.000000312. The molecule has 0 unspecified atom stereocenters. The van der Waals surface area contributed by atoms with Crippen LogP contribution in [0.15, 0.2) is 29.2 Å². The molecule has 1 fully saturated rings. The largest absolute Gasteiger partial charge is 0.497 e. The fraction of sp³-hybridized carbons (Fsp3) is 0.500. The summed E-state index contributed by atoms with van der Waals surface area (Å²) in [6.07, 6.45) is 4.25. The van der Waals surface area contributed by atoms with Gasteiger partial charge < -0.3 is 4.74 Å². The summed E-state index contributed by atoms with van der Waals surface area (Å²) in [7, 11) is -2.70. The number of methoxy groups -OCH3 is 1. The van der Waals surface area contributed by atoms with Crippen LogP contribution in [0.1, 0.15) is 19.3 Å². The van der Waals surface area contributed by atoms with Crippen LogP contribution >= 0.6 is 0 Å². The first-order chi connectivity index (χ1) is 8.90. The van der Waals surface area contributed by atoms with Crippen molar-refractivity contribution in [2.75, 3.05) is 18.6 Å². The minimum Gasteiger partial charge on any atom is -0.497 e. The maximum Gasteiger partial charge on any atom is 0.155 e. The fourth-order valence-corrected chi connectivity index (χ4v) is 4.14. The summed E-state index contributed by atoms with van der Waals surface area (Å²) < 4.78 is 39.1. The lowest BCUT2D eigenvalue weighted by Crippen LogP contribution is -2.68. The zero-order valence-corrected chi connectivity index (χ0v) is 12.2. The quantitative estimate of drug-likeness (QED) is 0.594. The van der Waals surface area contributed by atoms with Gasteiger partial charge in [0.2, 0.25) is 0 Å². The first-order valence-electron chi connectivity index (χ1n) is 5.83. The topological polar surface area (TPSA) is 101 Å². The Kier molecular flexibility index (Phi) is 6.92. The molecule has 0 spiro atoms. The highest BCUT2D eigenvalue weighted by molar-refractivity contribution is 7.96. The Morgan fingerprint density at radius 2 is 1.42 bits per heavy atom. The molecule has 0 amide bonds. The second-order valence-corrected chi connectivity index (χ2v) is 7.04. The van der Waals surface area contributed by atoms with E-state index in [-0.39, 0.29) is 0 Å². The molecular formula is C12H17ClO5S. The minimum atomic E-state index is -4.94. The summed E-state index contributed by atoms with van der Waals surface area (Å²) in [5, 5.41) is 0. The van der Waals surface area contributed by atoms with E-state index in [4.69, 9.17) is 23.4 Å². The van der Waals surface area contributed by atoms with Crippen molar-refractivity contribution in [2.24, 2.45) is 0 Å². The minimum absolute atomic E-state index is 0.526. The van der Waals surface area contributed by atoms with Gasteiger partial charge in [0.25, 0.3) is 0 Å². The Morgan fingerprint density at radius 3 is 1.84 bits per heavy atom. The Hall–Kier alpha value is -0.500. The lowest BCUT2D eigenvalue weighted by molar-refractivity contribution is -2.00. The summed E-state index contributed by atoms with van der Waals surface area (Å²) in [4.78, 5) is 1.52. The van der Waals surface area contributed by atoms with E-state index in [1.165, 1.54) is 35.7 Å². The molecule has 2 rings (SSSR count). The average Bonchev–Trinajstić information content (AvgIpc) is 2.38. The van der Waals surface area contributed by atoms with Gasteiger partial charge in [-0.3, -0.25) is 0 Å². The van der Waals surface area contributed by atoms with Gasteiger partial charge in [-0.2, -0.15) is 0 Å². The molecule has 0 atom stereocenters. The zero-order valence-electron chi connectivity index (χ0n) is 10.7. The molecule has 0 bridgehead atoms. The second-order valence-electron chi connectivity index (χ2n) is 4.02. The normalized spacial score (nSPS) is 16.5. The zero-order chi connectivity index (χ0) is 14.3. The molecule has 1 aliphatic rings. The van der Waals surface area contributed by atoms with Gasteiger partial charge in [0.15, 0.2) is 4.90 Å². The predicted molar refractivity (Wildman–Crippen MR) is 62.2 cm³/mol. The van der Waals surface area contributed by atoms with E-state index in [1.54, 1.807) is 7.11 Å². The van der Waals surface area contributed by atoms with Crippen LogP contribution in [0, 0.1) is 10.2 Å². The SMILES string of the molecule is COc1ccc([S+]2CCCCC2)cc1.[O-][Cl+3]([O-])([O-])[O-]. The molecule has 5 nitrogen and oxygen atoms in total. The molecule has 1 aromatic rings. The molecule has 7 heteroatoms. The highest BCUT2D eigenvalue weighted by Gasteiger charge is 2.24. The van der Waals surface area contributed by atoms with Crippen LogP contribution in [0.5, 0.6) is 5.75 Å². The van der Waals surface area contributed by atoms with E-state index < -0.39 is 10.2 Å². The Labute approximate surface area is 117 Å². The third-order valence-electron chi connectivity index (χ3n) is 2.67. The number of rotatable bonds is 2. The van der Waals surface area contributed by atoms with Crippen molar-refractivity contribution in [1.82, 2.24) is 0 Å². The first kappa shape index (κ1) is 16.6. The van der Waals surface area contributed by atoms with Gasteiger partial charge in [-0.25, -0.2) is 18.6 Å². The predicted octanol–water partition coefficient (Wildman–Crippen LogP) is -1.90. The molecule has 0 aromatic heterocycles. The molecule has 1 heterocycles. The van der Waals surface area contributed by atoms with Crippen LogP contribution < -0.4 is 23.4 Å². The summed E-state index contributed by atoms with van der Waals surface area (Å²) in [5.74, 6) is 3.76. The van der Waals surface area contributed by atoms with Gasteiger partial charge in [0.05, 0.1) is 7.11 Å². The number of halogens is 1. The highest BCUT2D eigenvalue weighted by atomic mass is 35.7. The number of benzene rings is 1. The van der Waals surface area contributed by atoms with Crippen molar-refractivity contribution < 1.29 is 33.6 Å². The van der Waals surface area contributed by atoms with Crippen molar-refractivity contribution in [3.63, 3.8) is 0 Å². The summed E-state index contributed by atoms with van der Waals surface area (Å²) >= 11 is 0. The Bertz CT molecular complexity index is 353. The first-order valence-corrected chi connectivity index (χ1v) is 8.63.